The number of nitrogen functional groups attached to an aromatic ring is 4. The molecular formula is C73H103N22O37P5S4. The van der Waals surface area contributed by atoms with Gasteiger partial charge in [0.2, 0.25) is 11.9 Å². The summed E-state index contributed by atoms with van der Waals surface area (Å²) in [5.41, 5.74) is 20.1. The van der Waals surface area contributed by atoms with Crippen LogP contribution in [-0.4, -0.2) is 331 Å². The highest BCUT2D eigenvalue weighted by Crippen LogP contribution is 2.60. The Morgan fingerprint density at radius 3 is 1.53 bits per heavy atom. The minimum atomic E-state index is -5.88. The van der Waals surface area contributed by atoms with Crippen molar-refractivity contribution in [3.05, 3.63) is 125 Å². The van der Waals surface area contributed by atoms with Gasteiger partial charge in [-0.2, -0.15) is 15.0 Å². The number of aliphatic hydroxyl groups excluding tert-OH is 1. The summed E-state index contributed by atoms with van der Waals surface area (Å²) in [4.78, 5) is 171. The number of aliphatic hydroxyl groups is 1. The summed E-state index contributed by atoms with van der Waals surface area (Å²) in [5.74, 6) is -1.15. The molecule has 59 nitrogen and oxygen atoms in total. The minimum absolute atomic E-state index is 0.0543. The number of thiol groups is 1. The van der Waals surface area contributed by atoms with Gasteiger partial charge < -0.3 is 147 Å². The van der Waals surface area contributed by atoms with Crippen LogP contribution >= 0.6 is 47.0 Å². The van der Waals surface area contributed by atoms with E-state index in [9.17, 15) is 53.4 Å². The SMILES string of the molecule is C=C1NC(=O)C(C)=CN1[C@@H]1O[C@H](COP(O)(=S)O[C@@H]2C(OCCOC)[C@H](n3cc(C)c(N)nc3=O)O[C@@H]2COP(=O)(S)O[C@@H]2C(OCCOC)[C@H](n3cc(C)c(=O)[nH]c3=O)O[C@@H]2COP(=O)(O)O[C@@H]2C(OCCOC)[C@H](n3cnc4c(=O)[nH]c(N)nc43)O[C@@H]2COP(O)(=S)O[C@@H]2C[C@H](n3cnc4c(=O)[nH]c(N)nc43)O[C@@H]2COP(O)(=S)O[C@@H]2C[C@H](n3cnc4c(N)ncnc43)O[C@@H]2C)[C@H](O)C1OCCOC. The maximum Gasteiger partial charge on any atom is 0.472 e. The topological polar surface area (TPSA) is 754 Å². The molecule has 8 aromatic heterocycles. The molecule has 6 fully saturated rings. The molecule has 0 spiro atoms. The highest BCUT2D eigenvalue weighted by Gasteiger charge is 2.58. The number of H-pyrrole nitrogens is 3. The van der Waals surface area contributed by atoms with E-state index in [0.717, 1.165) is 26.2 Å². The number of carbonyl (C=O) groups is 1. The van der Waals surface area contributed by atoms with E-state index in [-0.39, 0.29) is 128 Å². The fraction of sp³-hybridized carbons (Fsp3) is 0.616. The number of rotatable bonds is 47. The first-order valence-electron chi connectivity index (χ1n) is 42.8. The van der Waals surface area contributed by atoms with Gasteiger partial charge in [-0.05, 0) is 63.1 Å². The van der Waals surface area contributed by atoms with Crippen molar-refractivity contribution < 1.29 is 150 Å². The van der Waals surface area contributed by atoms with Crippen molar-refractivity contribution in [2.75, 3.05) is 137 Å². The zero-order valence-electron chi connectivity index (χ0n) is 75.8. The Hall–Kier alpha value is -7.64. The highest BCUT2D eigenvalue weighted by atomic mass is 32.7. The molecular weight excluding hydrogens is 2060 g/mol. The highest BCUT2D eigenvalue weighted by molar-refractivity contribution is 8.44. The second-order valence-electron chi connectivity index (χ2n) is 32.5. The number of ether oxygens (including phenoxy) is 14. The second kappa shape index (κ2) is 45.4. The van der Waals surface area contributed by atoms with Crippen LogP contribution in [0.3, 0.4) is 0 Å². The summed E-state index contributed by atoms with van der Waals surface area (Å²) < 4.78 is 183. The number of aromatic nitrogens is 16. The molecule has 68 heteroatoms. The predicted octanol–water partition coefficient (Wildman–Crippen LogP) is -1.05. The maximum atomic E-state index is 15.6. The molecule has 7 aliphatic rings. The lowest BCUT2D eigenvalue weighted by molar-refractivity contribution is -0.121. The molecule has 776 valence electrons. The molecule has 9 unspecified atom stereocenters. The average molecular weight is 2160 g/mol. The zero-order valence-corrected chi connectivity index (χ0v) is 83.7. The molecule has 15 heterocycles. The van der Waals surface area contributed by atoms with Gasteiger partial charge in [0, 0.05) is 76.6 Å². The molecule has 0 aliphatic carbocycles. The van der Waals surface area contributed by atoms with E-state index in [4.69, 9.17) is 170 Å². The summed E-state index contributed by atoms with van der Waals surface area (Å²) in [7, 11) is -0.457. The van der Waals surface area contributed by atoms with Gasteiger partial charge in [0.05, 0.1) is 123 Å². The first kappa shape index (κ1) is 108. The number of hydrogen-bond donors (Lipinski definition) is 14. The third kappa shape index (κ3) is 24.9. The Morgan fingerprint density at radius 2 is 0.943 bits per heavy atom. The van der Waals surface area contributed by atoms with Gasteiger partial charge in [-0.15, -0.1) is 0 Å². The van der Waals surface area contributed by atoms with Gasteiger partial charge in [-0.1, -0.05) is 18.8 Å². The number of anilines is 4. The Balaban J connectivity index is 0.705. The van der Waals surface area contributed by atoms with Crippen molar-refractivity contribution >= 4 is 145 Å². The number of hydrogen-bond acceptors (Lipinski definition) is 49. The van der Waals surface area contributed by atoms with Crippen LogP contribution in [0.1, 0.15) is 69.0 Å². The van der Waals surface area contributed by atoms with E-state index < -0.39 is 243 Å². The maximum absolute atomic E-state index is 15.6. The van der Waals surface area contributed by atoms with Crippen LogP contribution in [0.25, 0.3) is 33.5 Å². The van der Waals surface area contributed by atoms with Crippen molar-refractivity contribution in [1.29, 1.82) is 0 Å². The van der Waals surface area contributed by atoms with Crippen LogP contribution in [0, 0.1) is 13.8 Å². The van der Waals surface area contributed by atoms with E-state index in [2.05, 4.69) is 79.0 Å². The van der Waals surface area contributed by atoms with Gasteiger partial charge in [0.25, 0.3) is 22.6 Å². The zero-order chi connectivity index (χ0) is 101. The van der Waals surface area contributed by atoms with Crippen LogP contribution in [0.4, 0.5) is 23.5 Å². The van der Waals surface area contributed by atoms with Crippen molar-refractivity contribution in [2.45, 2.75) is 176 Å². The van der Waals surface area contributed by atoms with Crippen molar-refractivity contribution in [2.24, 2.45) is 0 Å². The van der Waals surface area contributed by atoms with Crippen LogP contribution in [0.5, 0.6) is 0 Å². The number of nitrogens with one attached hydrogen (secondary N) is 4. The Kier molecular flexibility index (Phi) is 34.6. The molecule has 0 radical (unpaired) electrons. The summed E-state index contributed by atoms with van der Waals surface area (Å²) in [5, 5.41) is 14.5. The fourth-order valence-electron chi connectivity index (χ4n) is 16.2. The standard InChI is InChI=1S/C73H103N22O37P5S4/c1-32-20-91(72(101)84-57(32)74)67-56(116-17-13-112-9)52(132-136(107,140)119-24-40-49(96)53(113-14-10-109-6)66(124-40)90-21-33(2)62(97)83-36(90)5)43(126-67)27-121-137(108,141)131-51-41(125-68(55(51)115-16-12-111-8)92-22-34(3)63(98)89-73(92)102)25-117-133(103,104)130-50-42(127-69(54(50)114-15-11-110-7)95-31-82-48-61(95)86-71(77)88-65(48)100)26-120-135(106,139)129-38-19-45(94-30-81-47-60(94)85-70(76)87-64(47)99)123-39(38)23-118-134(105,138)128-37-18-44(122-35(37)4)93-29-80-46-58(75)78-28-79-59(46)93/h20-22,28-31,35,37-45,49-56,66-69,96H,5,10-19,23-27H2,1-4,6-9H3,(H,83,97)(H,103,104)(H,105,138)(H,106,139)(H,107,140)(H,108,141)(H2,74,84,101)(H2,75,78,79)(H,89,98,102)(H3,76,85,87,99)(H3,77,86,88,100)/t35-,37-,38-,39-,40-,41-,42-,43-,44-,45-,49+,50+,51+,52+,53?,54?,55?,56?,66-,67-,68-,69-,134?,135?,136?,137?/m1/s1. The lowest BCUT2D eigenvalue weighted by Gasteiger charge is -2.35. The van der Waals surface area contributed by atoms with Gasteiger partial charge in [0.1, 0.15) is 115 Å². The summed E-state index contributed by atoms with van der Waals surface area (Å²) in [6.45, 7) is -15.2. The quantitative estimate of drug-likeness (QED) is 0.0123. The molecule has 0 bridgehead atoms. The van der Waals surface area contributed by atoms with Gasteiger partial charge in [0.15, 0.2) is 58.7 Å². The second-order valence-corrected chi connectivity index (χ2v) is 45.2. The lowest BCUT2D eigenvalue weighted by atomic mass is 10.1. The minimum Gasteiger partial charge on any atom is -0.387 e. The van der Waals surface area contributed by atoms with E-state index in [1.807, 2.05) is 0 Å². The van der Waals surface area contributed by atoms with Gasteiger partial charge in [-0.25, -0.2) is 43.6 Å². The predicted molar refractivity (Wildman–Crippen MR) is 497 cm³/mol. The first-order valence-corrected chi connectivity index (χ1v) is 54.8. The van der Waals surface area contributed by atoms with Crippen LogP contribution in [-0.2, 0) is 161 Å². The third-order valence-electron chi connectivity index (χ3n) is 23.0. The monoisotopic (exact) mass is 2160 g/mol. The lowest BCUT2D eigenvalue weighted by Crippen LogP contribution is -2.48. The molecule has 7 aliphatic heterocycles. The number of fused-ring (bicyclic) bond motifs is 3. The van der Waals surface area contributed by atoms with Crippen LogP contribution in [0.2, 0.25) is 0 Å². The molecule has 0 saturated carbocycles. The van der Waals surface area contributed by atoms with Crippen LogP contribution < -0.4 is 56.3 Å². The largest absolute Gasteiger partial charge is 0.472 e. The summed E-state index contributed by atoms with van der Waals surface area (Å²) in [6.07, 6.45) is -24.4. The van der Waals surface area contributed by atoms with Gasteiger partial charge in [-0.3, -0.25) is 79.6 Å². The van der Waals surface area contributed by atoms with Crippen molar-refractivity contribution in [3.63, 3.8) is 0 Å². The van der Waals surface area contributed by atoms with E-state index in [0.29, 0.717) is 11.2 Å². The number of imidazole rings is 3. The Labute approximate surface area is 816 Å². The number of aromatic amines is 3. The fourth-order valence-corrected chi connectivity index (χ4v) is 23.1. The normalized spacial score (nSPS) is 29.8. The molecule has 141 heavy (non-hydrogen) atoms. The van der Waals surface area contributed by atoms with Crippen LogP contribution in [0.15, 0.2) is 85.8 Å². The van der Waals surface area contributed by atoms with E-state index in [1.165, 1.54) is 90.1 Å². The molecule has 6 saturated heterocycles. The molecule has 15 rings (SSSR count). The molecule has 17 N–H and O–H groups in total. The average Bonchev–Trinajstić information content (AvgIpc) is 1.60. The first-order chi connectivity index (χ1) is 66.9. The number of carbonyl (C=O) groups excluding carboxylic acids is 1. The van der Waals surface area contributed by atoms with Gasteiger partial charge >= 0.3 is 46.2 Å². The Morgan fingerprint density at radius 1 is 0.482 bits per heavy atom. The van der Waals surface area contributed by atoms with Crippen molar-refractivity contribution in [3.8, 4) is 0 Å². The Bertz CT molecular complexity index is 6480. The van der Waals surface area contributed by atoms with E-state index >= 15 is 9.13 Å². The van der Waals surface area contributed by atoms with Crippen molar-refractivity contribution in [1.82, 2.24) is 87.9 Å². The molecule has 8 aromatic rings. The smallest absolute Gasteiger partial charge is 0.387 e. The number of amides is 1. The number of nitrogens with zero attached hydrogens (tertiary/aromatic N) is 14. The summed E-state index contributed by atoms with van der Waals surface area (Å²) in [6, 6.07) is 0. The third-order valence-corrected chi connectivity index (χ3v) is 30.3. The number of methoxy groups -OCH3 is 4. The number of phosphoric ester groups is 1. The number of phosphoric acid groups is 1. The number of aryl methyl sites for hydroxylation is 2. The number of nitrogens with two attached hydrogens (primary N) is 4. The molecule has 1 amide bonds. The summed E-state index contributed by atoms with van der Waals surface area (Å²) >= 11 is 21.4. The molecule has 0 aromatic carbocycles. The van der Waals surface area contributed by atoms with E-state index in [1.54, 1.807) is 11.5 Å². The molecule has 27 atom stereocenters.